The molecule has 24 heavy (non-hydrogen) atoms. The second-order valence-electron chi connectivity index (χ2n) is 7.69. The molecule has 0 N–H and O–H groups in total. The van der Waals surface area contributed by atoms with Crippen molar-refractivity contribution in [3.05, 3.63) is 42.0 Å². The van der Waals surface area contributed by atoms with E-state index in [4.69, 9.17) is 4.74 Å². The predicted molar refractivity (Wildman–Crippen MR) is 98.2 cm³/mol. The molecule has 3 aliphatic rings. The molecule has 0 radical (unpaired) electrons. The summed E-state index contributed by atoms with van der Waals surface area (Å²) in [6.45, 7) is 10.0. The third kappa shape index (κ3) is 3.68. The summed E-state index contributed by atoms with van der Waals surface area (Å²) in [5.74, 6) is 3.70. The molecule has 0 spiro atoms. The van der Waals surface area contributed by atoms with Crippen molar-refractivity contribution < 1.29 is 4.74 Å². The van der Waals surface area contributed by atoms with Gasteiger partial charge < -0.3 is 9.64 Å². The van der Waals surface area contributed by atoms with Crippen molar-refractivity contribution in [3.63, 3.8) is 0 Å². The van der Waals surface area contributed by atoms with E-state index in [1.165, 1.54) is 51.1 Å². The van der Waals surface area contributed by atoms with Gasteiger partial charge in [0, 0.05) is 39.3 Å². The minimum Gasteiger partial charge on any atom is -0.494 e. The standard InChI is InChI=1S/C21H30N2O/c1-2-24-21-7-4-17(5-8-21)15-22-9-11-23(12-10-22)16-20-14-18-3-6-19(20)13-18/h3-8,18-20H,2,9-16H2,1H3/t18-,19+,20+/m0/s1. The summed E-state index contributed by atoms with van der Waals surface area (Å²) >= 11 is 0. The molecule has 1 saturated heterocycles. The van der Waals surface area contributed by atoms with Gasteiger partial charge in [0.15, 0.2) is 0 Å². The van der Waals surface area contributed by atoms with Gasteiger partial charge in [-0.25, -0.2) is 0 Å². The molecule has 1 heterocycles. The van der Waals surface area contributed by atoms with E-state index in [0.29, 0.717) is 0 Å². The summed E-state index contributed by atoms with van der Waals surface area (Å²) in [6.07, 6.45) is 7.81. The Balaban J connectivity index is 1.22. The number of rotatable bonds is 6. The van der Waals surface area contributed by atoms with Gasteiger partial charge in [-0.3, -0.25) is 4.90 Å². The fourth-order valence-electron chi connectivity index (χ4n) is 4.68. The van der Waals surface area contributed by atoms with Crippen LogP contribution in [-0.4, -0.2) is 49.1 Å². The third-order valence-corrected chi connectivity index (χ3v) is 6.01. The van der Waals surface area contributed by atoms with Crippen molar-refractivity contribution in [1.29, 1.82) is 0 Å². The van der Waals surface area contributed by atoms with Crippen LogP contribution in [0.3, 0.4) is 0 Å². The molecular formula is C21H30N2O. The summed E-state index contributed by atoms with van der Waals surface area (Å²) < 4.78 is 5.52. The van der Waals surface area contributed by atoms with Gasteiger partial charge in [0.2, 0.25) is 0 Å². The monoisotopic (exact) mass is 326 g/mol. The number of nitrogens with zero attached hydrogens (tertiary/aromatic N) is 2. The highest BCUT2D eigenvalue weighted by atomic mass is 16.5. The Morgan fingerprint density at radius 1 is 0.958 bits per heavy atom. The van der Waals surface area contributed by atoms with Crippen LogP contribution in [0.15, 0.2) is 36.4 Å². The summed E-state index contributed by atoms with van der Waals surface area (Å²) in [5.41, 5.74) is 1.39. The lowest BCUT2D eigenvalue weighted by molar-refractivity contribution is 0.108. The fourth-order valence-corrected chi connectivity index (χ4v) is 4.68. The van der Waals surface area contributed by atoms with Crippen molar-refractivity contribution in [2.24, 2.45) is 17.8 Å². The quantitative estimate of drug-likeness (QED) is 0.745. The lowest BCUT2D eigenvalue weighted by Gasteiger charge is -2.37. The van der Waals surface area contributed by atoms with Gasteiger partial charge in [0.1, 0.15) is 5.75 Å². The Kier molecular flexibility index (Phi) is 4.91. The van der Waals surface area contributed by atoms with Crippen LogP contribution in [0.4, 0.5) is 0 Å². The van der Waals surface area contributed by atoms with E-state index in [-0.39, 0.29) is 0 Å². The van der Waals surface area contributed by atoms with E-state index in [1.807, 2.05) is 6.92 Å². The fraction of sp³-hybridized carbons (Fsp3) is 0.619. The van der Waals surface area contributed by atoms with E-state index in [1.54, 1.807) is 0 Å². The highest BCUT2D eigenvalue weighted by Gasteiger charge is 2.36. The van der Waals surface area contributed by atoms with E-state index >= 15 is 0 Å². The van der Waals surface area contributed by atoms with E-state index < -0.39 is 0 Å². The number of piperazine rings is 1. The van der Waals surface area contributed by atoms with E-state index in [9.17, 15) is 0 Å². The number of fused-ring (bicyclic) bond motifs is 2. The number of hydrogen-bond acceptors (Lipinski definition) is 3. The van der Waals surface area contributed by atoms with Crippen LogP contribution in [0.1, 0.15) is 25.3 Å². The lowest BCUT2D eigenvalue weighted by atomic mass is 9.93. The van der Waals surface area contributed by atoms with Crippen LogP contribution < -0.4 is 4.74 Å². The summed E-state index contributed by atoms with van der Waals surface area (Å²) in [5, 5.41) is 0. The average molecular weight is 326 g/mol. The second-order valence-corrected chi connectivity index (χ2v) is 7.69. The summed E-state index contributed by atoms with van der Waals surface area (Å²) in [7, 11) is 0. The first kappa shape index (κ1) is 16.2. The van der Waals surface area contributed by atoms with Crippen LogP contribution >= 0.6 is 0 Å². The first-order valence-corrected chi connectivity index (χ1v) is 9.65. The Bertz CT molecular complexity index is 560. The molecule has 1 saturated carbocycles. The molecule has 0 amide bonds. The van der Waals surface area contributed by atoms with Gasteiger partial charge in [-0.1, -0.05) is 24.3 Å². The number of ether oxygens (including phenoxy) is 1. The van der Waals surface area contributed by atoms with E-state index in [2.05, 4.69) is 46.2 Å². The molecule has 1 aromatic carbocycles. The van der Waals surface area contributed by atoms with Crippen molar-refractivity contribution in [1.82, 2.24) is 9.80 Å². The number of allylic oxidation sites excluding steroid dienone is 2. The third-order valence-electron chi connectivity index (χ3n) is 6.01. The minimum atomic E-state index is 0.736. The first-order chi connectivity index (χ1) is 11.8. The van der Waals surface area contributed by atoms with Crippen molar-refractivity contribution in [2.75, 3.05) is 39.3 Å². The van der Waals surface area contributed by atoms with Gasteiger partial charge in [-0.2, -0.15) is 0 Å². The summed E-state index contributed by atoms with van der Waals surface area (Å²) in [6, 6.07) is 8.60. The zero-order valence-electron chi connectivity index (χ0n) is 14.9. The average Bonchev–Trinajstić information content (AvgIpc) is 3.22. The SMILES string of the molecule is CCOc1ccc(CN2CCN(C[C@H]3C[C@H]4C=C[C@@H]3C4)CC2)cc1. The maximum Gasteiger partial charge on any atom is 0.119 e. The molecule has 2 fully saturated rings. The first-order valence-electron chi connectivity index (χ1n) is 9.65. The second kappa shape index (κ2) is 7.28. The van der Waals surface area contributed by atoms with Gasteiger partial charge in [-0.05, 0) is 55.2 Å². The molecule has 3 atom stereocenters. The summed E-state index contributed by atoms with van der Waals surface area (Å²) in [4.78, 5) is 5.29. The minimum absolute atomic E-state index is 0.736. The van der Waals surface area contributed by atoms with Gasteiger partial charge in [0.05, 0.1) is 6.61 Å². The van der Waals surface area contributed by atoms with Gasteiger partial charge in [-0.15, -0.1) is 0 Å². The Labute approximate surface area is 146 Å². The predicted octanol–water partition coefficient (Wildman–Crippen LogP) is 3.42. The highest BCUT2D eigenvalue weighted by molar-refractivity contribution is 5.27. The normalized spacial score (nSPS) is 30.1. The van der Waals surface area contributed by atoms with Crippen LogP contribution in [-0.2, 0) is 6.54 Å². The highest BCUT2D eigenvalue weighted by Crippen LogP contribution is 2.43. The zero-order valence-corrected chi connectivity index (χ0v) is 14.9. The molecule has 1 aromatic rings. The van der Waals surface area contributed by atoms with Crippen LogP contribution in [0.25, 0.3) is 0 Å². The zero-order chi connectivity index (χ0) is 16.4. The number of benzene rings is 1. The van der Waals surface area contributed by atoms with E-state index in [0.717, 1.165) is 36.7 Å². The Hall–Kier alpha value is -1.32. The molecule has 3 nitrogen and oxygen atoms in total. The maximum absolute atomic E-state index is 5.52. The Morgan fingerprint density at radius 2 is 1.71 bits per heavy atom. The molecule has 0 aromatic heterocycles. The maximum atomic E-state index is 5.52. The van der Waals surface area contributed by atoms with Crippen LogP contribution in [0, 0.1) is 17.8 Å². The van der Waals surface area contributed by atoms with Crippen LogP contribution in [0.2, 0.25) is 0 Å². The molecule has 1 aliphatic heterocycles. The largest absolute Gasteiger partial charge is 0.494 e. The molecule has 2 aliphatic carbocycles. The Morgan fingerprint density at radius 3 is 2.33 bits per heavy atom. The van der Waals surface area contributed by atoms with Crippen molar-refractivity contribution in [2.45, 2.75) is 26.3 Å². The molecule has 3 heteroatoms. The molecule has 130 valence electrons. The van der Waals surface area contributed by atoms with Crippen molar-refractivity contribution >= 4 is 0 Å². The van der Waals surface area contributed by atoms with Gasteiger partial charge >= 0.3 is 0 Å². The molecule has 0 unspecified atom stereocenters. The van der Waals surface area contributed by atoms with Gasteiger partial charge in [0.25, 0.3) is 0 Å². The topological polar surface area (TPSA) is 15.7 Å². The molecule has 2 bridgehead atoms. The lowest BCUT2D eigenvalue weighted by Crippen LogP contribution is -2.47. The van der Waals surface area contributed by atoms with Crippen LogP contribution in [0.5, 0.6) is 5.75 Å². The van der Waals surface area contributed by atoms with Crippen molar-refractivity contribution in [3.8, 4) is 5.75 Å². The molecular weight excluding hydrogens is 296 g/mol. The smallest absolute Gasteiger partial charge is 0.119 e. The number of hydrogen-bond donors (Lipinski definition) is 0. The molecule has 4 rings (SSSR count).